The molecular formula is C17H29N3O2. The molecule has 0 aliphatic carbocycles. The second-order valence-electron chi connectivity index (χ2n) is 6.23. The third-order valence-corrected chi connectivity index (χ3v) is 3.12. The van der Waals surface area contributed by atoms with Crippen molar-refractivity contribution in [3.63, 3.8) is 0 Å². The maximum absolute atomic E-state index is 5.58. The van der Waals surface area contributed by atoms with Crippen molar-refractivity contribution in [1.29, 1.82) is 0 Å². The van der Waals surface area contributed by atoms with Crippen LogP contribution in [0.15, 0.2) is 23.2 Å². The summed E-state index contributed by atoms with van der Waals surface area (Å²) >= 11 is 0. The van der Waals surface area contributed by atoms with Crippen LogP contribution in [0.4, 0.5) is 5.69 Å². The van der Waals surface area contributed by atoms with Crippen LogP contribution in [-0.4, -0.2) is 33.3 Å². The minimum atomic E-state index is 0.300. The van der Waals surface area contributed by atoms with Crippen LogP contribution in [-0.2, 0) is 0 Å². The molecule has 124 valence electrons. The smallest absolute Gasteiger partial charge is 0.195 e. The molecule has 1 aromatic carbocycles. The first-order valence-electron chi connectivity index (χ1n) is 7.68. The van der Waals surface area contributed by atoms with Crippen LogP contribution in [0, 0.1) is 5.41 Å². The average molecular weight is 307 g/mol. The molecule has 1 aromatic rings. The Labute approximate surface area is 134 Å². The average Bonchev–Trinajstić information content (AvgIpc) is 2.45. The molecule has 0 radical (unpaired) electrons. The molecule has 0 heterocycles. The Balaban J connectivity index is 2.69. The summed E-state index contributed by atoms with van der Waals surface area (Å²) in [5, 5.41) is 6.59. The number of nitrogens with one attached hydrogen (secondary N) is 2. The van der Waals surface area contributed by atoms with Crippen molar-refractivity contribution in [2.24, 2.45) is 10.4 Å². The second kappa shape index (κ2) is 8.51. The number of rotatable bonds is 6. The fourth-order valence-electron chi connectivity index (χ4n) is 1.89. The summed E-state index contributed by atoms with van der Waals surface area (Å²) in [5.74, 6) is 2.19. The summed E-state index contributed by atoms with van der Waals surface area (Å²) in [7, 11) is 3.40. The molecule has 2 N–H and O–H groups in total. The fraction of sp³-hybridized carbons (Fsp3) is 0.588. The van der Waals surface area contributed by atoms with E-state index in [2.05, 4.69) is 36.4 Å². The molecule has 0 unspecified atom stereocenters. The molecule has 0 amide bonds. The Kier molecular flexibility index (Phi) is 7.02. The number of guanidine groups is 1. The number of nitrogens with zero attached hydrogens (tertiary/aromatic N) is 1. The molecule has 0 aromatic heterocycles. The molecule has 0 aliphatic heterocycles. The number of methoxy groups -OCH3 is 1. The summed E-state index contributed by atoms with van der Waals surface area (Å²) in [6.45, 7) is 10.1. The summed E-state index contributed by atoms with van der Waals surface area (Å²) < 4.78 is 10.9. The molecule has 5 heteroatoms. The van der Waals surface area contributed by atoms with Gasteiger partial charge in [0.1, 0.15) is 0 Å². The van der Waals surface area contributed by atoms with E-state index in [0.717, 1.165) is 36.1 Å². The van der Waals surface area contributed by atoms with Crippen molar-refractivity contribution >= 4 is 11.6 Å². The lowest BCUT2D eigenvalue weighted by Crippen LogP contribution is -2.33. The van der Waals surface area contributed by atoms with Gasteiger partial charge in [-0.25, -0.2) is 0 Å². The Bertz CT molecular complexity index is 493. The molecule has 0 bridgehead atoms. The molecule has 1 rings (SSSR count). The Morgan fingerprint density at radius 1 is 1.23 bits per heavy atom. The van der Waals surface area contributed by atoms with Gasteiger partial charge in [0.25, 0.3) is 0 Å². The van der Waals surface area contributed by atoms with Crippen LogP contribution < -0.4 is 20.1 Å². The number of hydrogen-bond donors (Lipinski definition) is 2. The van der Waals surface area contributed by atoms with E-state index in [4.69, 9.17) is 9.47 Å². The minimum absolute atomic E-state index is 0.300. The lowest BCUT2D eigenvalue weighted by Gasteiger charge is -2.19. The lowest BCUT2D eigenvalue weighted by molar-refractivity contribution is 0.311. The van der Waals surface area contributed by atoms with Crippen molar-refractivity contribution in [1.82, 2.24) is 5.32 Å². The zero-order chi connectivity index (χ0) is 16.6. The Morgan fingerprint density at radius 3 is 2.50 bits per heavy atom. The maximum Gasteiger partial charge on any atom is 0.195 e. The van der Waals surface area contributed by atoms with Gasteiger partial charge in [0.05, 0.1) is 13.7 Å². The first kappa shape index (κ1) is 18.1. The van der Waals surface area contributed by atoms with Gasteiger partial charge < -0.3 is 20.1 Å². The fourth-order valence-corrected chi connectivity index (χ4v) is 1.89. The molecular weight excluding hydrogens is 278 g/mol. The van der Waals surface area contributed by atoms with Crippen molar-refractivity contribution < 1.29 is 9.47 Å². The quantitative estimate of drug-likeness (QED) is 0.624. The van der Waals surface area contributed by atoms with Crippen LogP contribution >= 0.6 is 0 Å². The normalized spacial score (nSPS) is 12.0. The molecule has 0 atom stereocenters. The van der Waals surface area contributed by atoms with Gasteiger partial charge in [-0.3, -0.25) is 4.99 Å². The van der Waals surface area contributed by atoms with Gasteiger partial charge in [-0.2, -0.15) is 0 Å². The van der Waals surface area contributed by atoms with Gasteiger partial charge in [-0.1, -0.05) is 20.8 Å². The zero-order valence-electron chi connectivity index (χ0n) is 14.6. The van der Waals surface area contributed by atoms with Crippen molar-refractivity contribution in [3.8, 4) is 11.5 Å². The van der Waals surface area contributed by atoms with E-state index in [1.165, 1.54) is 0 Å². The third-order valence-electron chi connectivity index (χ3n) is 3.12. The predicted molar refractivity (Wildman–Crippen MR) is 93.2 cm³/mol. The molecule has 0 spiro atoms. The van der Waals surface area contributed by atoms with Crippen molar-refractivity contribution in [3.05, 3.63) is 18.2 Å². The van der Waals surface area contributed by atoms with Gasteiger partial charge in [0.15, 0.2) is 17.5 Å². The van der Waals surface area contributed by atoms with Gasteiger partial charge >= 0.3 is 0 Å². The van der Waals surface area contributed by atoms with E-state index >= 15 is 0 Å². The van der Waals surface area contributed by atoms with E-state index in [1.54, 1.807) is 14.2 Å². The number of aliphatic imine (C=N–C) groups is 1. The van der Waals surface area contributed by atoms with E-state index in [9.17, 15) is 0 Å². The van der Waals surface area contributed by atoms with Crippen LogP contribution in [0.5, 0.6) is 11.5 Å². The second-order valence-corrected chi connectivity index (χ2v) is 6.23. The van der Waals surface area contributed by atoms with Crippen LogP contribution in [0.2, 0.25) is 0 Å². The molecule has 0 saturated carbocycles. The van der Waals surface area contributed by atoms with E-state index in [1.807, 2.05) is 25.1 Å². The van der Waals surface area contributed by atoms with Gasteiger partial charge in [0.2, 0.25) is 0 Å². The zero-order valence-corrected chi connectivity index (χ0v) is 14.6. The van der Waals surface area contributed by atoms with E-state index in [-0.39, 0.29) is 0 Å². The largest absolute Gasteiger partial charge is 0.493 e. The molecule has 5 nitrogen and oxygen atoms in total. The van der Waals surface area contributed by atoms with E-state index in [0.29, 0.717) is 12.0 Å². The summed E-state index contributed by atoms with van der Waals surface area (Å²) in [5.41, 5.74) is 1.21. The van der Waals surface area contributed by atoms with Crippen LogP contribution in [0.25, 0.3) is 0 Å². The number of benzene rings is 1. The van der Waals surface area contributed by atoms with Gasteiger partial charge in [-0.15, -0.1) is 0 Å². The van der Waals surface area contributed by atoms with Gasteiger partial charge in [0, 0.05) is 25.3 Å². The van der Waals surface area contributed by atoms with Crippen LogP contribution in [0.3, 0.4) is 0 Å². The topological polar surface area (TPSA) is 54.9 Å². The first-order chi connectivity index (χ1) is 10.4. The Hall–Kier alpha value is -1.91. The monoisotopic (exact) mass is 307 g/mol. The van der Waals surface area contributed by atoms with E-state index < -0.39 is 0 Å². The number of anilines is 1. The highest BCUT2D eigenvalue weighted by Crippen LogP contribution is 2.30. The van der Waals surface area contributed by atoms with Crippen LogP contribution in [0.1, 0.15) is 34.1 Å². The Morgan fingerprint density at radius 2 is 1.95 bits per heavy atom. The molecule has 0 saturated heterocycles. The molecule has 22 heavy (non-hydrogen) atoms. The molecule has 0 fully saturated rings. The summed E-state index contributed by atoms with van der Waals surface area (Å²) in [6, 6.07) is 5.74. The highest BCUT2D eigenvalue weighted by atomic mass is 16.5. The highest BCUT2D eigenvalue weighted by molar-refractivity contribution is 5.93. The number of ether oxygens (including phenoxy) is 2. The van der Waals surface area contributed by atoms with Crippen molar-refractivity contribution in [2.45, 2.75) is 34.1 Å². The summed E-state index contributed by atoms with van der Waals surface area (Å²) in [4.78, 5) is 4.24. The first-order valence-corrected chi connectivity index (χ1v) is 7.68. The number of hydrogen-bond acceptors (Lipinski definition) is 3. The SMILES string of the molecule is CCOc1cc(NC(=NC)NCCC(C)(C)C)ccc1OC. The highest BCUT2D eigenvalue weighted by Gasteiger charge is 2.10. The molecule has 0 aliphatic rings. The van der Waals surface area contributed by atoms with Gasteiger partial charge in [-0.05, 0) is 30.9 Å². The lowest BCUT2D eigenvalue weighted by atomic mass is 9.92. The van der Waals surface area contributed by atoms with Crippen molar-refractivity contribution in [2.75, 3.05) is 32.6 Å². The predicted octanol–water partition coefficient (Wildman–Crippen LogP) is 3.52. The maximum atomic E-state index is 5.58. The third kappa shape index (κ3) is 6.24. The standard InChI is InChI=1S/C17H29N3O2/c1-7-22-15-12-13(8-9-14(15)21-6)20-16(18-5)19-11-10-17(2,3)4/h8-9,12H,7,10-11H2,1-6H3,(H2,18,19,20). The summed E-state index contributed by atoms with van der Waals surface area (Å²) in [6.07, 6.45) is 1.07. The minimum Gasteiger partial charge on any atom is -0.493 e.